The quantitative estimate of drug-likeness (QED) is 0.911. The number of amides is 1. The predicted octanol–water partition coefficient (Wildman–Crippen LogP) is 2.32. The molecule has 1 aromatic heterocycles. The summed E-state index contributed by atoms with van der Waals surface area (Å²) in [6, 6.07) is 6.18. The second-order valence-corrected chi connectivity index (χ2v) is 5.88. The van der Waals surface area contributed by atoms with E-state index in [1.807, 2.05) is 5.38 Å². The Balaban J connectivity index is 1.62. The van der Waals surface area contributed by atoms with E-state index < -0.39 is 0 Å². The maximum Gasteiger partial charge on any atom is 0.237 e. The van der Waals surface area contributed by atoms with E-state index in [1.165, 1.54) is 23.5 Å². The van der Waals surface area contributed by atoms with Gasteiger partial charge in [0, 0.05) is 24.0 Å². The first-order valence-corrected chi connectivity index (χ1v) is 7.82. The lowest BCUT2D eigenvalue weighted by molar-refractivity contribution is -0.124. The summed E-state index contributed by atoms with van der Waals surface area (Å²) >= 11 is 1.52. The largest absolute Gasteiger partial charge is 0.355 e. The highest BCUT2D eigenvalue weighted by Crippen LogP contribution is 2.23. The Morgan fingerprint density at radius 3 is 2.95 bits per heavy atom. The number of benzene rings is 1. The molecule has 3 rings (SSSR count). The van der Waals surface area contributed by atoms with Gasteiger partial charge in [-0.3, -0.25) is 4.79 Å². The van der Waals surface area contributed by atoms with Gasteiger partial charge in [-0.1, -0.05) is 0 Å². The average Bonchev–Trinajstić information content (AvgIpc) is 2.96. The summed E-state index contributed by atoms with van der Waals surface area (Å²) in [5.74, 6) is -0.184. The summed E-state index contributed by atoms with van der Waals surface area (Å²) in [4.78, 5) is 16.2. The third-order valence-electron chi connectivity index (χ3n) is 3.46. The Kier molecular flexibility index (Phi) is 4.26. The monoisotopic (exact) mass is 305 g/mol. The fraction of sp³-hybridized carbons (Fsp3) is 0.333. The van der Waals surface area contributed by atoms with Gasteiger partial charge >= 0.3 is 0 Å². The molecule has 1 fully saturated rings. The number of hydrogen-bond acceptors (Lipinski definition) is 4. The lowest BCUT2D eigenvalue weighted by atomic mass is 10.1. The van der Waals surface area contributed by atoms with Crippen molar-refractivity contribution in [2.45, 2.75) is 25.4 Å². The Hall–Kier alpha value is -1.79. The second kappa shape index (κ2) is 6.32. The summed E-state index contributed by atoms with van der Waals surface area (Å²) < 4.78 is 12.9. The molecule has 0 aliphatic carbocycles. The number of hydrogen-bond donors (Lipinski definition) is 2. The number of carbonyl (C=O) groups excluding carboxylic acids is 1. The number of thiazole rings is 1. The van der Waals surface area contributed by atoms with Gasteiger partial charge in [0.1, 0.15) is 10.8 Å². The maximum atomic E-state index is 12.9. The highest BCUT2D eigenvalue weighted by molar-refractivity contribution is 7.13. The van der Waals surface area contributed by atoms with Crippen LogP contribution in [0.25, 0.3) is 10.6 Å². The number of rotatable bonds is 4. The van der Waals surface area contributed by atoms with Crippen LogP contribution in [-0.4, -0.2) is 23.5 Å². The van der Waals surface area contributed by atoms with Gasteiger partial charge < -0.3 is 10.6 Å². The Morgan fingerprint density at radius 2 is 2.19 bits per heavy atom. The zero-order valence-corrected chi connectivity index (χ0v) is 12.3. The molecule has 1 amide bonds. The third-order valence-corrected chi connectivity index (χ3v) is 4.40. The van der Waals surface area contributed by atoms with Crippen molar-refractivity contribution >= 4 is 17.2 Å². The standard InChI is InChI=1S/C15H16FN3OS/c16-11-5-3-10(4-6-11)15-19-12(9-21-15)8-18-13-2-1-7-17-14(13)20/h3-6,9,13,18H,1-2,7-8H2,(H,17,20). The van der Waals surface area contributed by atoms with Gasteiger partial charge in [0.25, 0.3) is 0 Å². The smallest absolute Gasteiger partial charge is 0.237 e. The number of carbonyl (C=O) groups is 1. The molecule has 1 unspecified atom stereocenters. The predicted molar refractivity (Wildman–Crippen MR) is 80.4 cm³/mol. The van der Waals surface area contributed by atoms with E-state index in [4.69, 9.17) is 0 Å². The van der Waals surface area contributed by atoms with Crippen LogP contribution in [0.1, 0.15) is 18.5 Å². The number of nitrogens with zero attached hydrogens (tertiary/aromatic N) is 1. The highest BCUT2D eigenvalue weighted by atomic mass is 32.1. The van der Waals surface area contributed by atoms with Crippen molar-refractivity contribution in [2.24, 2.45) is 0 Å². The maximum absolute atomic E-state index is 12.9. The fourth-order valence-electron chi connectivity index (χ4n) is 2.31. The molecule has 0 radical (unpaired) electrons. The van der Waals surface area contributed by atoms with Gasteiger partial charge in [-0.15, -0.1) is 11.3 Å². The lowest BCUT2D eigenvalue weighted by Gasteiger charge is -2.22. The zero-order chi connectivity index (χ0) is 14.7. The summed E-state index contributed by atoms with van der Waals surface area (Å²) in [5.41, 5.74) is 1.81. The van der Waals surface area contributed by atoms with E-state index in [9.17, 15) is 9.18 Å². The van der Waals surface area contributed by atoms with Crippen LogP contribution in [0.4, 0.5) is 4.39 Å². The van der Waals surface area contributed by atoms with Crippen LogP contribution in [0.5, 0.6) is 0 Å². The van der Waals surface area contributed by atoms with Crippen molar-refractivity contribution in [3.05, 3.63) is 41.2 Å². The number of nitrogens with one attached hydrogen (secondary N) is 2. The summed E-state index contributed by atoms with van der Waals surface area (Å²) in [6.45, 7) is 1.33. The normalized spacial score (nSPS) is 18.5. The van der Waals surface area contributed by atoms with Crippen molar-refractivity contribution < 1.29 is 9.18 Å². The molecule has 0 saturated carbocycles. The van der Waals surface area contributed by atoms with Crippen LogP contribution in [0.2, 0.25) is 0 Å². The van der Waals surface area contributed by atoms with Crippen molar-refractivity contribution in [1.82, 2.24) is 15.6 Å². The second-order valence-electron chi connectivity index (χ2n) is 5.02. The van der Waals surface area contributed by atoms with Crippen molar-refractivity contribution in [1.29, 1.82) is 0 Å². The molecule has 1 atom stereocenters. The molecule has 1 aliphatic heterocycles. The molecule has 1 saturated heterocycles. The van der Waals surface area contributed by atoms with E-state index in [0.717, 1.165) is 35.7 Å². The first-order valence-electron chi connectivity index (χ1n) is 6.94. The van der Waals surface area contributed by atoms with Crippen molar-refractivity contribution in [3.8, 4) is 10.6 Å². The van der Waals surface area contributed by atoms with Crippen LogP contribution in [-0.2, 0) is 11.3 Å². The van der Waals surface area contributed by atoms with Crippen molar-refractivity contribution in [3.63, 3.8) is 0 Å². The van der Waals surface area contributed by atoms with Gasteiger partial charge in [-0.05, 0) is 37.1 Å². The SMILES string of the molecule is O=C1NCCCC1NCc1csc(-c2ccc(F)cc2)n1. The molecule has 21 heavy (non-hydrogen) atoms. The minimum absolute atomic E-state index is 0.0650. The topological polar surface area (TPSA) is 54.0 Å². The molecule has 110 valence electrons. The molecule has 1 aromatic carbocycles. The highest BCUT2D eigenvalue weighted by Gasteiger charge is 2.21. The van der Waals surface area contributed by atoms with Crippen LogP contribution >= 0.6 is 11.3 Å². The van der Waals surface area contributed by atoms with E-state index in [-0.39, 0.29) is 17.8 Å². The van der Waals surface area contributed by atoms with E-state index in [2.05, 4.69) is 15.6 Å². The van der Waals surface area contributed by atoms with Gasteiger partial charge in [0.2, 0.25) is 5.91 Å². The van der Waals surface area contributed by atoms with Crippen LogP contribution in [0, 0.1) is 5.82 Å². The summed E-state index contributed by atoms with van der Waals surface area (Å²) in [5, 5.41) is 8.91. The molecule has 2 heterocycles. The molecular weight excluding hydrogens is 289 g/mol. The van der Waals surface area contributed by atoms with Gasteiger partial charge in [-0.25, -0.2) is 9.37 Å². The van der Waals surface area contributed by atoms with Gasteiger partial charge in [0.15, 0.2) is 0 Å². The van der Waals surface area contributed by atoms with Crippen LogP contribution < -0.4 is 10.6 Å². The lowest BCUT2D eigenvalue weighted by Crippen LogP contribution is -2.47. The Morgan fingerprint density at radius 1 is 1.38 bits per heavy atom. The first kappa shape index (κ1) is 14.2. The zero-order valence-electron chi connectivity index (χ0n) is 11.4. The molecule has 0 bridgehead atoms. The molecule has 6 heteroatoms. The molecule has 2 N–H and O–H groups in total. The Bertz CT molecular complexity index is 626. The van der Waals surface area contributed by atoms with Crippen LogP contribution in [0.3, 0.4) is 0 Å². The minimum Gasteiger partial charge on any atom is -0.355 e. The molecule has 0 spiro atoms. The summed E-state index contributed by atoms with van der Waals surface area (Å²) in [7, 11) is 0. The third kappa shape index (κ3) is 3.46. The van der Waals surface area contributed by atoms with E-state index in [0.29, 0.717) is 6.54 Å². The number of halogens is 1. The van der Waals surface area contributed by atoms with Gasteiger partial charge in [0.05, 0.1) is 11.7 Å². The van der Waals surface area contributed by atoms with Gasteiger partial charge in [-0.2, -0.15) is 0 Å². The van der Waals surface area contributed by atoms with E-state index >= 15 is 0 Å². The van der Waals surface area contributed by atoms with Crippen molar-refractivity contribution in [2.75, 3.05) is 6.54 Å². The summed E-state index contributed by atoms with van der Waals surface area (Å²) in [6.07, 6.45) is 1.86. The minimum atomic E-state index is -0.250. The molecule has 2 aromatic rings. The number of piperidine rings is 1. The Labute approximate surface area is 126 Å². The van der Waals surface area contributed by atoms with Crippen LogP contribution in [0.15, 0.2) is 29.6 Å². The van der Waals surface area contributed by atoms with E-state index in [1.54, 1.807) is 12.1 Å². The molecule has 1 aliphatic rings. The fourth-order valence-corrected chi connectivity index (χ4v) is 3.13. The molecule has 4 nitrogen and oxygen atoms in total. The average molecular weight is 305 g/mol. The first-order chi connectivity index (χ1) is 10.2. The number of aromatic nitrogens is 1. The molecular formula is C15H16FN3OS.